The van der Waals surface area contributed by atoms with Gasteiger partial charge in [-0.25, -0.2) is 0 Å². The zero-order valence-electron chi connectivity index (χ0n) is 13.5. The first-order chi connectivity index (χ1) is 8.88. The van der Waals surface area contributed by atoms with Crippen molar-refractivity contribution in [1.29, 1.82) is 0 Å². The first kappa shape index (κ1) is 15.1. The predicted molar refractivity (Wildman–Crippen MR) is 83.8 cm³/mol. The van der Waals surface area contributed by atoms with Gasteiger partial charge in [0.25, 0.3) is 0 Å². The Morgan fingerprint density at radius 1 is 1.21 bits per heavy atom. The maximum absolute atomic E-state index is 6.17. The molecule has 1 heteroatoms. The van der Waals surface area contributed by atoms with E-state index >= 15 is 0 Å². The summed E-state index contributed by atoms with van der Waals surface area (Å²) in [5, 5.41) is 0. The van der Waals surface area contributed by atoms with Gasteiger partial charge in [-0.1, -0.05) is 39.3 Å². The molecular weight excluding hydrogens is 230 g/mol. The van der Waals surface area contributed by atoms with Gasteiger partial charge in [-0.05, 0) is 68.1 Å². The molecule has 1 nitrogen and oxygen atoms in total. The number of nitrogens with two attached hydrogens (primary N) is 1. The van der Waals surface area contributed by atoms with E-state index in [1.54, 1.807) is 0 Å². The van der Waals surface area contributed by atoms with Gasteiger partial charge in [0.1, 0.15) is 0 Å². The van der Waals surface area contributed by atoms with Crippen molar-refractivity contribution in [2.45, 2.75) is 66.3 Å². The molecule has 0 aliphatic heterocycles. The van der Waals surface area contributed by atoms with E-state index in [1.165, 1.54) is 24.8 Å². The summed E-state index contributed by atoms with van der Waals surface area (Å²) >= 11 is 0. The summed E-state index contributed by atoms with van der Waals surface area (Å²) in [5.41, 5.74) is 7.68. The standard InChI is InChI=1S/C18H33N/c1-11(2)18(19)9-13(4)6-15-10-17(14(15)5)16-7-12(3)8-16/h6,11-12,14-18H,7-10,19H2,1-5H3/b13-6+. The van der Waals surface area contributed by atoms with E-state index in [0.717, 1.165) is 36.0 Å². The minimum absolute atomic E-state index is 0.329. The van der Waals surface area contributed by atoms with E-state index in [9.17, 15) is 0 Å². The number of rotatable bonds is 5. The first-order valence-corrected chi connectivity index (χ1v) is 8.31. The van der Waals surface area contributed by atoms with Crippen LogP contribution in [-0.2, 0) is 0 Å². The Kier molecular flexibility index (Phi) is 4.76. The Balaban J connectivity index is 1.78. The molecule has 110 valence electrons. The van der Waals surface area contributed by atoms with Gasteiger partial charge >= 0.3 is 0 Å². The fourth-order valence-electron chi connectivity index (χ4n) is 4.06. The van der Waals surface area contributed by atoms with Gasteiger partial charge in [0.05, 0.1) is 0 Å². The van der Waals surface area contributed by atoms with Gasteiger partial charge < -0.3 is 5.73 Å². The lowest BCUT2D eigenvalue weighted by Crippen LogP contribution is -2.43. The van der Waals surface area contributed by atoms with Crippen molar-refractivity contribution >= 4 is 0 Å². The number of allylic oxidation sites excluding steroid dienone is 1. The van der Waals surface area contributed by atoms with Crippen LogP contribution >= 0.6 is 0 Å². The minimum Gasteiger partial charge on any atom is -0.327 e. The van der Waals surface area contributed by atoms with Crippen LogP contribution < -0.4 is 5.73 Å². The molecule has 4 unspecified atom stereocenters. The molecule has 0 saturated heterocycles. The van der Waals surface area contributed by atoms with Gasteiger partial charge in [-0.3, -0.25) is 0 Å². The molecule has 2 N–H and O–H groups in total. The molecule has 2 rings (SSSR count). The molecule has 0 aromatic carbocycles. The lowest BCUT2D eigenvalue weighted by atomic mass is 9.54. The summed E-state index contributed by atoms with van der Waals surface area (Å²) in [6.45, 7) is 11.6. The fraction of sp³-hybridized carbons (Fsp3) is 0.889. The Morgan fingerprint density at radius 3 is 2.32 bits per heavy atom. The molecule has 2 saturated carbocycles. The van der Waals surface area contributed by atoms with E-state index in [2.05, 4.69) is 40.7 Å². The Bertz CT molecular complexity index is 325. The number of hydrogen-bond donors (Lipinski definition) is 1. The van der Waals surface area contributed by atoms with E-state index in [1.807, 2.05) is 0 Å². The molecule has 2 fully saturated rings. The highest BCUT2D eigenvalue weighted by Gasteiger charge is 2.44. The SMILES string of the molecule is C/C(=C\C1CC(C2CC(C)C2)C1C)CC(N)C(C)C. The van der Waals surface area contributed by atoms with Crippen LogP contribution in [0.25, 0.3) is 0 Å². The fourth-order valence-corrected chi connectivity index (χ4v) is 4.06. The van der Waals surface area contributed by atoms with Crippen molar-refractivity contribution in [2.75, 3.05) is 0 Å². The summed E-state index contributed by atoms with van der Waals surface area (Å²) in [4.78, 5) is 0. The van der Waals surface area contributed by atoms with Gasteiger partial charge in [-0.2, -0.15) is 0 Å². The monoisotopic (exact) mass is 263 g/mol. The molecule has 2 aliphatic rings. The third-order valence-electron chi connectivity index (χ3n) is 5.82. The molecule has 0 bridgehead atoms. The quantitative estimate of drug-likeness (QED) is 0.719. The second-order valence-corrected chi connectivity index (χ2v) is 7.88. The summed E-state index contributed by atoms with van der Waals surface area (Å²) < 4.78 is 0. The van der Waals surface area contributed by atoms with Crippen molar-refractivity contribution in [1.82, 2.24) is 0 Å². The summed E-state index contributed by atoms with van der Waals surface area (Å²) in [5.74, 6) is 5.39. The zero-order chi connectivity index (χ0) is 14.2. The molecule has 4 atom stereocenters. The van der Waals surface area contributed by atoms with E-state index in [0.29, 0.717) is 12.0 Å². The van der Waals surface area contributed by atoms with Crippen LogP contribution in [0.2, 0.25) is 0 Å². The average Bonchev–Trinajstić information content (AvgIpc) is 2.30. The van der Waals surface area contributed by atoms with Crippen molar-refractivity contribution in [3.05, 3.63) is 11.6 Å². The zero-order valence-corrected chi connectivity index (χ0v) is 13.5. The van der Waals surface area contributed by atoms with Crippen molar-refractivity contribution in [3.63, 3.8) is 0 Å². The van der Waals surface area contributed by atoms with Crippen molar-refractivity contribution in [3.8, 4) is 0 Å². The lowest BCUT2D eigenvalue weighted by Gasteiger charge is -2.51. The molecule has 0 aromatic rings. The molecule has 0 radical (unpaired) electrons. The Labute approximate surface area is 120 Å². The lowest BCUT2D eigenvalue weighted by molar-refractivity contribution is 0.00271. The average molecular weight is 263 g/mol. The molecule has 2 aliphatic carbocycles. The van der Waals surface area contributed by atoms with Gasteiger partial charge in [0.15, 0.2) is 0 Å². The largest absolute Gasteiger partial charge is 0.327 e. The molecule has 0 aromatic heterocycles. The highest BCUT2D eigenvalue weighted by molar-refractivity contribution is 5.10. The normalized spacial score (nSPS) is 40.8. The van der Waals surface area contributed by atoms with Crippen LogP contribution in [0, 0.1) is 35.5 Å². The van der Waals surface area contributed by atoms with E-state index < -0.39 is 0 Å². The van der Waals surface area contributed by atoms with E-state index in [4.69, 9.17) is 5.73 Å². The van der Waals surface area contributed by atoms with Gasteiger partial charge in [0, 0.05) is 6.04 Å². The summed E-state index contributed by atoms with van der Waals surface area (Å²) in [6.07, 6.45) is 8.02. The third kappa shape index (κ3) is 3.42. The highest BCUT2D eigenvalue weighted by atomic mass is 14.6. The third-order valence-corrected chi connectivity index (χ3v) is 5.82. The highest BCUT2D eigenvalue weighted by Crippen LogP contribution is 2.53. The van der Waals surface area contributed by atoms with Crippen LogP contribution in [0.15, 0.2) is 11.6 Å². The number of hydrogen-bond acceptors (Lipinski definition) is 1. The minimum atomic E-state index is 0.329. The van der Waals surface area contributed by atoms with Crippen LogP contribution in [-0.4, -0.2) is 6.04 Å². The summed E-state index contributed by atoms with van der Waals surface area (Å²) in [7, 11) is 0. The van der Waals surface area contributed by atoms with Gasteiger partial charge in [-0.15, -0.1) is 0 Å². The second kappa shape index (κ2) is 5.99. The van der Waals surface area contributed by atoms with Crippen molar-refractivity contribution in [2.24, 2.45) is 41.2 Å². The van der Waals surface area contributed by atoms with Crippen LogP contribution in [0.5, 0.6) is 0 Å². The van der Waals surface area contributed by atoms with Crippen LogP contribution in [0.4, 0.5) is 0 Å². The molecule has 0 amide bonds. The maximum Gasteiger partial charge on any atom is 0.00991 e. The Morgan fingerprint density at radius 2 is 1.84 bits per heavy atom. The first-order valence-electron chi connectivity index (χ1n) is 8.31. The second-order valence-electron chi connectivity index (χ2n) is 7.88. The summed E-state index contributed by atoms with van der Waals surface area (Å²) in [6, 6.07) is 0.329. The molecular formula is C18H33N. The molecule has 0 spiro atoms. The molecule has 0 heterocycles. The smallest absolute Gasteiger partial charge is 0.00991 e. The van der Waals surface area contributed by atoms with E-state index in [-0.39, 0.29) is 0 Å². The Hall–Kier alpha value is -0.300. The molecule has 19 heavy (non-hydrogen) atoms. The van der Waals surface area contributed by atoms with Crippen molar-refractivity contribution < 1.29 is 0 Å². The van der Waals surface area contributed by atoms with Crippen LogP contribution in [0.1, 0.15) is 60.3 Å². The van der Waals surface area contributed by atoms with Gasteiger partial charge in [0.2, 0.25) is 0 Å². The van der Waals surface area contributed by atoms with Crippen LogP contribution in [0.3, 0.4) is 0 Å². The predicted octanol–water partition coefficient (Wildman–Crippen LogP) is 4.62. The maximum atomic E-state index is 6.17. The topological polar surface area (TPSA) is 26.0 Å².